The Morgan fingerprint density at radius 3 is 2.71 bits per heavy atom. The van der Waals surface area contributed by atoms with Crippen LogP contribution < -0.4 is 0 Å². The largest absolute Gasteiger partial charge is 0.270 e. The summed E-state index contributed by atoms with van der Waals surface area (Å²) in [5, 5.41) is 11.7. The van der Waals surface area contributed by atoms with Crippen LogP contribution in [0, 0.1) is 10.1 Å². The first kappa shape index (κ1) is 12.9. The minimum absolute atomic E-state index is 0.0738. The molecule has 0 fully saturated rings. The molecule has 0 amide bonds. The maximum Gasteiger partial charge on any atom is 0.270 e. The molecule has 3 aromatic rings. The lowest BCUT2D eigenvalue weighted by molar-refractivity contribution is -0.384. The molecule has 5 nitrogen and oxygen atoms in total. The van der Waals surface area contributed by atoms with E-state index in [1.807, 2.05) is 42.5 Å². The molecular formula is C16H11N3O2. The molecule has 0 unspecified atom stereocenters. The van der Waals surface area contributed by atoms with Crippen LogP contribution in [0.3, 0.4) is 0 Å². The number of aromatic nitrogens is 2. The topological polar surface area (TPSA) is 68.9 Å². The summed E-state index contributed by atoms with van der Waals surface area (Å²) >= 11 is 0. The second kappa shape index (κ2) is 5.50. The Morgan fingerprint density at radius 2 is 1.86 bits per heavy atom. The van der Waals surface area contributed by atoms with Crippen molar-refractivity contribution < 1.29 is 4.92 Å². The molecular weight excluding hydrogens is 266 g/mol. The summed E-state index contributed by atoms with van der Waals surface area (Å²) in [5.41, 5.74) is 2.48. The second-order valence-electron chi connectivity index (χ2n) is 4.46. The summed E-state index contributed by atoms with van der Waals surface area (Å²) in [6.45, 7) is 0. The van der Waals surface area contributed by atoms with E-state index in [-0.39, 0.29) is 5.69 Å². The molecule has 0 aliphatic heterocycles. The van der Waals surface area contributed by atoms with Crippen LogP contribution in [0.2, 0.25) is 0 Å². The Hall–Kier alpha value is -3.08. The maximum absolute atomic E-state index is 10.8. The number of benzene rings is 2. The zero-order valence-corrected chi connectivity index (χ0v) is 11.0. The normalized spacial score (nSPS) is 11.0. The Morgan fingerprint density at radius 1 is 1.00 bits per heavy atom. The van der Waals surface area contributed by atoms with E-state index in [4.69, 9.17) is 0 Å². The highest BCUT2D eigenvalue weighted by atomic mass is 16.6. The standard InChI is InChI=1S/C16H11N3O2/c20-19(21)13-5-3-4-12(10-13)8-9-16-14-6-1-2-7-15(14)17-11-18-16/h1-11H. The first-order chi connectivity index (χ1) is 10.2. The van der Waals surface area contributed by atoms with Gasteiger partial charge in [0, 0.05) is 17.5 Å². The number of hydrogen-bond donors (Lipinski definition) is 0. The van der Waals surface area contributed by atoms with Gasteiger partial charge in [-0.05, 0) is 17.7 Å². The first-order valence-electron chi connectivity index (χ1n) is 6.36. The molecule has 0 N–H and O–H groups in total. The average molecular weight is 277 g/mol. The average Bonchev–Trinajstić information content (AvgIpc) is 2.53. The maximum atomic E-state index is 10.8. The third kappa shape index (κ3) is 2.76. The zero-order chi connectivity index (χ0) is 14.7. The number of fused-ring (bicyclic) bond motifs is 1. The summed E-state index contributed by atoms with van der Waals surface area (Å²) in [6.07, 6.45) is 5.15. The van der Waals surface area contributed by atoms with Crippen molar-refractivity contribution in [3.63, 3.8) is 0 Å². The highest BCUT2D eigenvalue weighted by molar-refractivity contribution is 5.88. The Kier molecular flexibility index (Phi) is 3.39. The van der Waals surface area contributed by atoms with E-state index < -0.39 is 4.92 Å². The van der Waals surface area contributed by atoms with Crippen LogP contribution in [0.4, 0.5) is 5.69 Å². The fourth-order valence-corrected chi connectivity index (χ4v) is 2.08. The summed E-state index contributed by atoms with van der Waals surface area (Å²) in [4.78, 5) is 18.8. The van der Waals surface area contributed by atoms with E-state index in [2.05, 4.69) is 9.97 Å². The third-order valence-electron chi connectivity index (χ3n) is 3.09. The molecule has 5 heteroatoms. The van der Waals surface area contributed by atoms with Crippen molar-refractivity contribution >= 4 is 28.7 Å². The van der Waals surface area contributed by atoms with Gasteiger partial charge in [0.05, 0.1) is 16.1 Å². The molecule has 1 aromatic heterocycles. The Labute approximate surface area is 120 Å². The Bertz CT molecular complexity index is 838. The van der Waals surface area contributed by atoms with Gasteiger partial charge in [0.25, 0.3) is 5.69 Å². The van der Waals surface area contributed by atoms with E-state index in [9.17, 15) is 10.1 Å². The fraction of sp³-hybridized carbons (Fsp3) is 0. The van der Waals surface area contributed by atoms with Crippen LogP contribution in [0.15, 0.2) is 54.9 Å². The Balaban J connectivity index is 1.98. The van der Waals surface area contributed by atoms with Gasteiger partial charge in [-0.1, -0.05) is 36.4 Å². The molecule has 102 valence electrons. The highest BCUT2D eigenvalue weighted by Crippen LogP contribution is 2.18. The van der Waals surface area contributed by atoms with Gasteiger partial charge in [0.2, 0.25) is 0 Å². The van der Waals surface area contributed by atoms with Crippen molar-refractivity contribution in [1.82, 2.24) is 9.97 Å². The SMILES string of the molecule is O=[N+]([O-])c1cccc(C=Cc2ncnc3ccccc23)c1. The van der Waals surface area contributed by atoms with Gasteiger partial charge in [-0.25, -0.2) is 9.97 Å². The van der Waals surface area contributed by atoms with Crippen LogP contribution in [0.25, 0.3) is 23.1 Å². The summed E-state index contributed by atoms with van der Waals surface area (Å²) in [7, 11) is 0. The van der Waals surface area contributed by atoms with Gasteiger partial charge in [-0.15, -0.1) is 0 Å². The van der Waals surface area contributed by atoms with Crippen molar-refractivity contribution in [2.75, 3.05) is 0 Å². The molecule has 0 aliphatic rings. The highest BCUT2D eigenvalue weighted by Gasteiger charge is 2.04. The van der Waals surface area contributed by atoms with E-state index >= 15 is 0 Å². The fourth-order valence-electron chi connectivity index (χ4n) is 2.08. The summed E-state index contributed by atoms with van der Waals surface area (Å²) in [6, 6.07) is 14.2. The van der Waals surface area contributed by atoms with Crippen LogP contribution in [-0.4, -0.2) is 14.9 Å². The minimum atomic E-state index is -0.405. The molecule has 3 rings (SSSR count). The second-order valence-corrected chi connectivity index (χ2v) is 4.46. The van der Waals surface area contributed by atoms with Crippen molar-refractivity contribution in [3.8, 4) is 0 Å². The number of rotatable bonds is 3. The minimum Gasteiger partial charge on any atom is -0.258 e. The van der Waals surface area contributed by atoms with Gasteiger partial charge in [-0.3, -0.25) is 10.1 Å². The molecule has 0 spiro atoms. The molecule has 0 atom stereocenters. The third-order valence-corrected chi connectivity index (χ3v) is 3.09. The first-order valence-corrected chi connectivity index (χ1v) is 6.36. The predicted octanol–water partition coefficient (Wildman–Crippen LogP) is 3.71. The number of hydrogen-bond acceptors (Lipinski definition) is 4. The lowest BCUT2D eigenvalue weighted by Crippen LogP contribution is -1.88. The van der Waals surface area contributed by atoms with Gasteiger partial charge >= 0.3 is 0 Å². The molecule has 0 bridgehead atoms. The van der Waals surface area contributed by atoms with Crippen LogP contribution in [-0.2, 0) is 0 Å². The molecule has 0 saturated carbocycles. The smallest absolute Gasteiger partial charge is 0.258 e. The monoisotopic (exact) mass is 277 g/mol. The van der Waals surface area contributed by atoms with E-state index in [1.165, 1.54) is 18.5 Å². The van der Waals surface area contributed by atoms with Gasteiger partial charge in [0.1, 0.15) is 6.33 Å². The van der Waals surface area contributed by atoms with Crippen molar-refractivity contribution in [3.05, 3.63) is 76.2 Å². The summed E-state index contributed by atoms with van der Waals surface area (Å²) < 4.78 is 0. The molecule has 1 heterocycles. The molecule has 0 aliphatic carbocycles. The number of para-hydroxylation sites is 1. The molecule has 2 aromatic carbocycles. The molecule has 0 radical (unpaired) electrons. The quantitative estimate of drug-likeness (QED) is 0.540. The van der Waals surface area contributed by atoms with Crippen molar-refractivity contribution in [2.45, 2.75) is 0 Å². The number of non-ortho nitro benzene ring substituents is 1. The number of nitrogens with zero attached hydrogens (tertiary/aromatic N) is 3. The van der Waals surface area contributed by atoms with Gasteiger partial charge in [-0.2, -0.15) is 0 Å². The van der Waals surface area contributed by atoms with Crippen LogP contribution in [0.5, 0.6) is 0 Å². The number of nitro benzene ring substituents is 1. The van der Waals surface area contributed by atoms with E-state index in [0.717, 1.165) is 22.2 Å². The van der Waals surface area contributed by atoms with Gasteiger partial charge < -0.3 is 0 Å². The summed E-state index contributed by atoms with van der Waals surface area (Å²) in [5.74, 6) is 0. The zero-order valence-electron chi connectivity index (χ0n) is 11.0. The lowest BCUT2D eigenvalue weighted by atomic mass is 10.1. The van der Waals surface area contributed by atoms with Gasteiger partial charge in [0.15, 0.2) is 0 Å². The van der Waals surface area contributed by atoms with Crippen molar-refractivity contribution in [2.24, 2.45) is 0 Å². The van der Waals surface area contributed by atoms with E-state index in [1.54, 1.807) is 6.07 Å². The lowest BCUT2D eigenvalue weighted by Gasteiger charge is -2.00. The molecule has 21 heavy (non-hydrogen) atoms. The van der Waals surface area contributed by atoms with Crippen LogP contribution in [0.1, 0.15) is 11.3 Å². The number of nitro groups is 1. The van der Waals surface area contributed by atoms with Crippen LogP contribution >= 0.6 is 0 Å². The predicted molar refractivity (Wildman–Crippen MR) is 81.6 cm³/mol. The molecule has 0 saturated heterocycles. The van der Waals surface area contributed by atoms with Crippen molar-refractivity contribution in [1.29, 1.82) is 0 Å². The van der Waals surface area contributed by atoms with E-state index in [0.29, 0.717) is 0 Å².